The lowest BCUT2D eigenvalue weighted by Crippen LogP contribution is -2.38. The van der Waals surface area contributed by atoms with Gasteiger partial charge in [0.05, 0.1) is 5.69 Å². The van der Waals surface area contributed by atoms with Crippen LogP contribution in [-0.4, -0.2) is 48.2 Å². The second-order valence-corrected chi connectivity index (χ2v) is 6.51. The summed E-state index contributed by atoms with van der Waals surface area (Å²) in [5.74, 6) is 1.70. The van der Waals surface area contributed by atoms with Crippen LogP contribution in [0.4, 0.5) is 0 Å². The third kappa shape index (κ3) is 7.11. The van der Waals surface area contributed by atoms with Gasteiger partial charge >= 0.3 is 0 Å². The number of halogens is 1. The van der Waals surface area contributed by atoms with E-state index < -0.39 is 0 Å². The number of ether oxygens (including phenoxy) is 1. The van der Waals surface area contributed by atoms with E-state index in [0.29, 0.717) is 0 Å². The van der Waals surface area contributed by atoms with Crippen LogP contribution in [0.3, 0.4) is 0 Å². The highest BCUT2D eigenvalue weighted by molar-refractivity contribution is 14.0. The molecule has 26 heavy (non-hydrogen) atoms. The van der Waals surface area contributed by atoms with Gasteiger partial charge in [0.15, 0.2) is 5.96 Å². The van der Waals surface area contributed by atoms with Gasteiger partial charge in [0, 0.05) is 51.7 Å². The molecule has 2 aromatic rings. The lowest BCUT2D eigenvalue weighted by atomic mass is 10.3. The minimum atomic E-state index is 0. The zero-order valence-electron chi connectivity index (χ0n) is 15.5. The van der Waals surface area contributed by atoms with Crippen molar-refractivity contribution in [2.75, 3.05) is 32.8 Å². The zero-order valence-corrected chi connectivity index (χ0v) is 17.8. The fourth-order valence-corrected chi connectivity index (χ4v) is 2.65. The molecule has 0 saturated heterocycles. The minimum absolute atomic E-state index is 0. The van der Waals surface area contributed by atoms with E-state index in [1.807, 2.05) is 24.4 Å². The molecule has 0 radical (unpaired) electrons. The molecule has 6 nitrogen and oxygen atoms in total. The summed E-state index contributed by atoms with van der Waals surface area (Å²) < 4.78 is 7.70. The topological polar surface area (TPSA) is 63.0 Å². The third-order valence-corrected chi connectivity index (χ3v) is 4.20. The van der Waals surface area contributed by atoms with Crippen molar-refractivity contribution < 1.29 is 4.74 Å². The molecule has 2 heterocycles. The van der Waals surface area contributed by atoms with Gasteiger partial charge in [0.2, 0.25) is 0 Å². The molecule has 144 valence electrons. The Morgan fingerprint density at radius 2 is 2.23 bits per heavy atom. The molecule has 2 aromatic heterocycles. The molecule has 0 aliphatic heterocycles. The first-order valence-corrected chi connectivity index (χ1v) is 9.37. The average Bonchev–Trinajstić information content (AvgIpc) is 3.35. The summed E-state index contributed by atoms with van der Waals surface area (Å²) in [6.45, 7) is 6.28. The summed E-state index contributed by atoms with van der Waals surface area (Å²) in [6.07, 6.45) is 8.64. The first-order valence-electron chi connectivity index (χ1n) is 9.37. The van der Waals surface area contributed by atoms with Crippen molar-refractivity contribution >= 4 is 35.6 Å². The van der Waals surface area contributed by atoms with Crippen molar-refractivity contribution in [2.24, 2.45) is 10.9 Å². The number of nitrogens with zero attached hydrogens (tertiary/aromatic N) is 3. The van der Waals surface area contributed by atoms with Crippen LogP contribution in [-0.2, 0) is 11.2 Å². The van der Waals surface area contributed by atoms with Crippen LogP contribution in [0.15, 0.2) is 35.6 Å². The van der Waals surface area contributed by atoms with Crippen LogP contribution in [0, 0.1) is 5.92 Å². The number of nitrogens with one attached hydrogen (secondary N) is 2. The second kappa shape index (κ2) is 11.4. The Bertz CT molecular complexity index is 650. The maximum Gasteiger partial charge on any atom is 0.191 e. The molecule has 2 N–H and O–H groups in total. The van der Waals surface area contributed by atoms with E-state index in [4.69, 9.17) is 4.74 Å². The van der Waals surface area contributed by atoms with Crippen LogP contribution in [0.25, 0.3) is 5.65 Å². The van der Waals surface area contributed by atoms with Crippen molar-refractivity contribution in [3.63, 3.8) is 0 Å². The maximum absolute atomic E-state index is 5.65. The van der Waals surface area contributed by atoms with E-state index in [9.17, 15) is 0 Å². The van der Waals surface area contributed by atoms with Crippen LogP contribution < -0.4 is 10.6 Å². The SMILES string of the molecule is CCNC(=NCCCOCC1CC1)NCCc1cn2ccccc2n1.I. The van der Waals surface area contributed by atoms with Gasteiger partial charge in [-0.2, -0.15) is 0 Å². The highest BCUT2D eigenvalue weighted by Gasteiger charge is 2.20. The highest BCUT2D eigenvalue weighted by Crippen LogP contribution is 2.28. The quantitative estimate of drug-likeness (QED) is 0.242. The number of hydrogen-bond acceptors (Lipinski definition) is 3. The summed E-state index contributed by atoms with van der Waals surface area (Å²) in [5, 5.41) is 6.67. The van der Waals surface area contributed by atoms with Gasteiger partial charge in [-0.05, 0) is 44.2 Å². The molecule has 0 aromatic carbocycles. The molecule has 0 amide bonds. The Kier molecular flexibility index (Phi) is 9.17. The Hall–Kier alpha value is -1.35. The molecule has 1 fully saturated rings. The summed E-state index contributed by atoms with van der Waals surface area (Å²) in [4.78, 5) is 9.23. The molecule has 0 unspecified atom stereocenters. The van der Waals surface area contributed by atoms with Gasteiger partial charge in [-0.3, -0.25) is 4.99 Å². The average molecular weight is 471 g/mol. The van der Waals surface area contributed by atoms with Gasteiger partial charge in [-0.1, -0.05) is 6.07 Å². The Balaban J connectivity index is 0.00000243. The Morgan fingerprint density at radius 1 is 1.35 bits per heavy atom. The number of rotatable bonds is 10. The lowest BCUT2D eigenvalue weighted by Gasteiger charge is -2.10. The van der Waals surface area contributed by atoms with Gasteiger partial charge in [0.1, 0.15) is 5.65 Å². The van der Waals surface area contributed by atoms with Crippen molar-refractivity contribution in [1.82, 2.24) is 20.0 Å². The number of guanidine groups is 1. The fraction of sp³-hybridized carbons (Fsp3) is 0.579. The van der Waals surface area contributed by atoms with Gasteiger partial charge in [-0.15, -0.1) is 24.0 Å². The second-order valence-electron chi connectivity index (χ2n) is 6.51. The van der Waals surface area contributed by atoms with E-state index in [-0.39, 0.29) is 24.0 Å². The number of hydrogen-bond donors (Lipinski definition) is 2. The van der Waals surface area contributed by atoms with Gasteiger partial charge in [-0.25, -0.2) is 4.98 Å². The van der Waals surface area contributed by atoms with Crippen LogP contribution in [0.5, 0.6) is 0 Å². The standard InChI is InChI=1S/C19H29N5O.HI/c1-2-20-19(21-10-5-13-25-15-16-7-8-16)22-11-9-17-14-24-12-4-3-6-18(24)23-17;/h3-4,6,12,14,16H,2,5,7-11,13,15H2,1H3,(H2,20,21,22);1H. The number of aliphatic imine (C=N–C) groups is 1. The van der Waals surface area contributed by atoms with Crippen LogP contribution in [0.2, 0.25) is 0 Å². The molecular formula is C19H30IN5O. The number of aromatic nitrogens is 2. The maximum atomic E-state index is 5.65. The van der Waals surface area contributed by atoms with Crippen molar-refractivity contribution in [1.29, 1.82) is 0 Å². The Labute approximate surface area is 172 Å². The monoisotopic (exact) mass is 471 g/mol. The Morgan fingerprint density at radius 3 is 3.00 bits per heavy atom. The van der Waals surface area contributed by atoms with Crippen molar-refractivity contribution in [3.05, 3.63) is 36.3 Å². The molecule has 1 saturated carbocycles. The van der Waals surface area contributed by atoms with E-state index in [0.717, 1.165) is 68.9 Å². The highest BCUT2D eigenvalue weighted by atomic mass is 127. The molecule has 0 bridgehead atoms. The molecule has 0 spiro atoms. The lowest BCUT2D eigenvalue weighted by molar-refractivity contribution is 0.123. The predicted molar refractivity (Wildman–Crippen MR) is 116 cm³/mol. The number of imidazole rings is 1. The summed E-state index contributed by atoms with van der Waals surface area (Å²) >= 11 is 0. The van der Waals surface area contributed by atoms with Gasteiger partial charge in [0.25, 0.3) is 0 Å². The van der Waals surface area contributed by atoms with Crippen LogP contribution >= 0.6 is 24.0 Å². The van der Waals surface area contributed by atoms with Crippen molar-refractivity contribution in [3.8, 4) is 0 Å². The van der Waals surface area contributed by atoms with Gasteiger partial charge < -0.3 is 19.8 Å². The number of fused-ring (bicyclic) bond motifs is 1. The first kappa shape index (κ1) is 21.0. The molecule has 3 rings (SSSR count). The summed E-state index contributed by atoms with van der Waals surface area (Å²) in [7, 11) is 0. The summed E-state index contributed by atoms with van der Waals surface area (Å²) in [5.41, 5.74) is 2.08. The fourth-order valence-electron chi connectivity index (χ4n) is 2.65. The smallest absolute Gasteiger partial charge is 0.191 e. The molecule has 1 aliphatic carbocycles. The number of pyridine rings is 1. The molecule has 0 atom stereocenters. The molecule has 7 heteroatoms. The van der Waals surface area contributed by atoms with E-state index in [1.54, 1.807) is 0 Å². The first-order chi connectivity index (χ1) is 12.3. The van der Waals surface area contributed by atoms with E-state index >= 15 is 0 Å². The minimum Gasteiger partial charge on any atom is -0.381 e. The zero-order chi connectivity index (χ0) is 17.3. The largest absolute Gasteiger partial charge is 0.381 e. The van der Waals surface area contributed by atoms with E-state index in [1.165, 1.54) is 12.8 Å². The molecular weight excluding hydrogens is 441 g/mol. The third-order valence-electron chi connectivity index (χ3n) is 4.20. The normalized spacial score (nSPS) is 14.3. The van der Waals surface area contributed by atoms with Crippen molar-refractivity contribution in [2.45, 2.75) is 32.6 Å². The predicted octanol–water partition coefficient (Wildman–Crippen LogP) is 2.87. The van der Waals surface area contributed by atoms with Crippen LogP contribution in [0.1, 0.15) is 31.9 Å². The summed E-state index contributed by atoms with van der Waals surface area (Å²) in [6, 6.07) is 6.05. The molecule has 1 aliphatic rings. The van der Waals surface area contributed by atoms with E-state index in [2.05, 4.69) is 38.1 Å².